The summed E-state index contributed by atoms with van der Waals surface area (Å²) in [7, 11) is 0. The largest absolute Gasteiger partial charge is 0.139 e. The standard InChI is InChI=1S/C24H52B2/c1-21(2)11-17-25(18-12-22(3)4)15-9-10-16-26(19-13-23(5)6)20-14-24(7)8/h21-24H,9-20H2,1-8H3. The highest BCUT2D eigenvalue weighted by atomic mass is 14.0. The first kappa shape index (κ1) is 26.1. The van der Waals surface area contributed by atoms with E-state index in [0.29, 0.717) is 0 Å². The number of unbranched alkanes of at least 4 members (excludes halogenated alkanes) is 1. The van der Waals surface area contributed by atoms with Crippen LogP contribution in [-0.4, -0.2) is 13.4 Å². The van der Waals surface area contributed by atoms with Crippen molar-refractivity contribution >= 4 is 13.4 Å². The summed E-state index contributed by atoms with van der Waals surface area (Å²) < 4.78 is 0. The van der Waals surface area contributed by atoms with Crippen LogP contribution in [0.4, 0.5) is 0 Å². The quantitative estimate of drug-likeness (QED) is 0.179. The first-order valence-corrected chi connectivity index (χ1v) is 12.2. The Kier molecular flexibility index (Phi) is 16.2. The van der Waals surface area contributed by atoms with Crippen molar-refractivity contribution in [3.05, 3.63) is 0 Å². The summed E-state index contributed by atoms with van der Waals surface area (Å²) >= 11 is 0. The summed E-state index contributed by atoms with van der Waals surface area (Å²) in [5.41, 5.74) is 0. The van der Waals surface area contributed by atoms with Gasteiger partial charge in [0.05, 0.1) is 0 Å². The highest BCUT2D eigenvalue weighted by Crippen LogP contribution is 2.23. The molecule has 0 aliphatic rings. The molecule has 0 spiro atoms. The predicted molar refractivity (Wildman–Crippen MR) is 127 cm³/mol. The Morgan fingerprint density at radius 1 is 0.385 bits per heavy atom. The van der Waals surface area contributed by atoms with E-state index in [0.717, 1.165) is 37.1 Å². The van der Waals surface area contributed by atoms with Gasteiger partial charge in [0.1, 0.15) is 13.4 Å². The Morgan fingerprint density at radius 2 is 0.615 bits per heavy atom. The lowest BCUT2D eigenvalue weighted by Crippen LogP contribution is -2.16. The molecule has 0 unspecified atom stereocenters. The number of hydrogen-bond donors (Lipinski definition) is 0. The van der Waals surface area contributed by atoms with Crippen molar-refractivity contribution in [3.63, 3.8) is 0 Å². The third-order valence-electron chi connectivity index (χ3n) is 6.08. The third kappa shape index (κ3) is 17.5. The van der Waals surface area contributed by atoms with Gasteiger partial charge in [-0.1, -0.05) is 132 Å². The lowest BCUT2D eigenvalue weighted by atomic mass is 9.39. The topological polar surface area (TPSA) is 0 Å². The SMILES string of the molecule is CC(C)CCB(CCCCB(CCC(C)C)CCC(C)C)CCC(C)C. The third-order valence-corrected chi connectivity index (χ3v) is 6.08. The van der Waals surface area contributed by atoms with Crippen molar-refractivity contribution in [2.24, 2.45) is 23.7 Å². The van der Waals surface area contributed by atoms with Gasteiger partial charge < -0.3 is 0 Å². The lowest BCUT2D eigenvalue weighted by molar-refractivity contribution is 0.602. The van der Waals surface area contributed by atoms with Crippen LogP contribution in [0.5, 0.6) is 0 Å². The molecule has 0 fully saturated rings. The predicted octanol–water partition coefficient (Wildman–Crippen LogP) is 8.94. The maximum absolute atomic E-state index is 2.38. The summed E-state index contributed by atoms with van der Waals surface area (Å²) in [4.78, 5) is 0. The Balaban J connectivity index is 4.21. The van der Waals surface area contributed by atoms with Gasteiger partial charge in [0.25, 0.3) is 0 Å². The van der Waals surface area contributed by atoms with Gasteiger partial charge in [-0.2, -0.15) is 0 Å². The van der Waals surface area contributed by atoms with Crippen LogP contribution in [0.15, 0.2) is 0 Å². The molecule has 154 valence electrons. The maximum atomic E-state index is 2.38. The van der Waals surface area contributed by atoms with E-state index in [1.54, 1.807) is 0 Å². The molecule has 0 aromatic carbocycles. The minimum atomic E-state index is 0.869. The van der Waals surface area contributed by atoms with Crippen molar-refractivity contribution < 1.29 is 0 Å². The molecule has 26 heavy (non-hydrogen) atoms. The highest BCUT2D eigenvalue weighted by molar-refractivity contribution is 6.59. The molecule has 0 nitrogen and oxygen atoms in total. The Hall–Kier alpha value is 0.130. The molecule has 0 saturated carbocycles. The second kappa shape index (κ2) is 16.1. The van der Waals surface area contributed by atoms with Gasteiger partial charge in [-0.3, -0.25) is 0 Å². The van der Waals surface area contributed by atoms with Crippen LogP contribution >= 0.6 is 0 Å². The van der Waals surface area contributed by atoms with Crippen LogP contribution in [0, 0.1) is 23.7 Å². The van der Waals surface area contributed by atoms with E-state index in [9.17, 15) is 0 Å². The molecule has 0 aliphatic carbocycles. The fourth-order valence-corrected chi connectivity index (χ4v) is 4.01. The summed E-state index contributed by atoms with van der Waals surface area (Å²) in [6.07, 6.45) is 17.5. The second-order valence-corrected chi connectivity index (χ2v) is 10.9. The minimum Gasteiger partial charge on any atom is -0.0742 e. The van der Waals surface area contributed by atoms with Crippen molar-refractivity contribution in [2.45, 2.75) is 132 Å². The van der Waals surface area contributed by atoms with Gasteiger partial charge in [-0.05, 0) is 23.7 Å². The molecule has 0 aromatic rings. The second-order valence-electron chi connectivity index (χ2n) is 10.9. The van der Waals surface area contributed by atoms with Crippen molar-refractivity contribution in [1.29, 1.82) is 0 Å². The summed E-state index contributed by atoms with van der Waals surface area (Å²) in [5.74, 6) is 3.47. The monoisotopic (exact) mass is 362 g/mol. The fraction of sp³-hybridized carbons (Fsp3) is 1.00. The van der Waals surface area contributed by atoms with Gasteiger partial charge in [0, 0.05) is 0 Å². The summed E-state index contributed by atoms with van der Waals surface area (Å²) in [6.45, 7) is 21.0. The molecule has 0 heterocycles. The van der Waals surface area contributed by atoms with Gasteiger partial charge in [-0.15, -0.1) is 0 Å². The Morgan fingerprint density at radius 3 is 0.808 bits per heavy atom. The van der Waals surface area contributed by atoms with Crippen LogP contribution in [-0.2, 0) is 0 Å². The van der Waals surface area contributed by atoms with Crippen molar-refractivity contribution in [2.75, 3.05) is 0 Å². The molecule has 0 aliphatic heterocycles. The molecular weight excluding hydrogens is 310 g/mol. The molecule has 0 atom stereocenters. The van der Waals surface area contributed by atoms with Crippen molar-refractivity contribution in [3.8, 4) is 0 Å². The van der Waals surface area contributed by atoms with Gasteiger partial charge in [0.15, 0.2) is 0 Å². The highest BCUT2D eigenvalue weighted by Gasteiger charge is 2.17. The molecular formula is C24H52B2. The van der Waals surface area contributed by atoms with E-state index in [-0.39, 0.29) is 0 Å². The first-order valence-electron chi connectivity index (χ1n) is 12.2. The van der Waals surface area contributed by atoms with Gasteiger partial charge >= 0.3 is 0 Å². The molecule has 0 rings (SSSR count). The molecule has 0 saturated heterocycles. The van der Waals surface area contributed by atoms with Crippen LogP contribution < -0.4 is 0 Å². The molecule has 0 N–H and O–H groups in total. The van der Waals surface area contributed by atoms with Crippen LogP contribution in [0.3, 0.4) is 0 Å². The molecule has 0 radical (unpaired) electrons. The average Bonchev–Trinajstić information content (AvgIpc) is 2.54. The van der Waals surface area contributed by atoms with E-state index in [1.165, 1.54) is 76.4 Å². The van der Waals surface area contributed by atoms with E-state index in [1.807, 2.05) is 0 Å². The van der Waals surface area contributed by atoms with E-state index >= 15 is 0 Å². The van der Waals surface area contributed by atoms with E-state index < -0.39 is 0 Å². The number of rotatable bonds is 17. The normalized spacial score (nSPS) is 12.0. The maximum Gasteiger partial charge on any atom is 0.139 e. The van der Waals surface area contributed by atoms with E-state index in [2.05, 4.69) is 55.4 Å². The van der Waals surface area contributed by atoms with Crippen LogP contribution in [0.25, 0.3) is 0 Å². The first-order chi connectivity index (χ1) is 12.2. The van der Waals surface area contributed by atoms with Crippen molar-refractivity contribution in [1.82, 2.24) is 0 Å². The van der Waals surface area contributed by atoms with Gasteiger partial charge in [-0.25, -0.2) is 0 Å². The van der Waals surface area contributed by atoms with Crippen LogP contribution in [0.2, 0.25) is 37.9 Å². The molecule has 2 heteroatoms. The smallest absolute Gasteiger partial charge is 0.0742 e. The fourth-order valence-electron chi connectivity index (χ4n) is 4.01. The Labute approximate surface area is 169 Å². The zero-order chi connectivity index (χ0) is 19.9. The zero-order valence-electron chi connectivity index (χ0n) is 19.9. The summed E-state index contributed by atoms with van der Waals surface area (Å²) in [6, 6.07) is 0. The van der Waals surface area contributed by atoms with Gasteiger partial charge in [0.2, 0.25) is 0 Å². The summed E-state index contributed by atoms with van der Waals surface area (Å²) in [5, 5.41) is 0. The average molecular weight is 362 g/mol. The zero-order valence-corrected chi connectivity index (χ0v) is 19.9. The number of hydrogen-bond acceptors (Lipinski definition) is 0. The Bertz CT molecular complexity index is 243. The van der Waals surface area contributed by atoms with Crippen LogP contribution in [0.1, 0.15) is 93.9 Å². The molecule has 0 aromatic heterocycles. The minimum absolute atomic E-state index is 0.869. The lowest BCUT2D eigenvalue weighted by Gasteiger charge is -2.18. The van der Waals surface area contributed by atoms with E-state index in [4.69, 9.17) is 0 Å². The molecule has 0 bridgehead atoms. The molecule has 0 amide bonds.